The molecule has 0 radical (unpaired) electrons. The lowest BCUT2D eigenvalue weighted by atomic mass is 10.2. The highest BCUT2D eigenvalue weighted by Gasteiger charge is 2.27. The van der Waals surface area contributed by atoms with Crippen molar-refractivity contribution in [2.75, 3.05) is 39.3 Å². The van der Waals surface area contributed by atoms with Crippen LogP contribution in [-0.2, 0) is 9.59 Å². The maximum Gasteiger partial charge on any atom is 0.289 e. The largest absolute Gasteiger partial charge is 0.459 e. The summed E-state index contributed by atoms with van der Waals surface area (Å²) in [6, 6.07) is 3.29. The smallest absolute Gasteiger partial charge is 0.289 e. The summed E-state index contributed by atoms with van der Waals surface area (Å²) in [4.78, 5) is 40.7. The van der Waals surface area contributed by atoms with E-state index in [1.54, 1.807) is 28.0 Å². The lowest BCUT2D eigenvalue weighted by Crippen LogP contribution is -2.53. The summed E-state index contributed by atoms with van der Waals surface area (Å²) in [7, 11) is 0. The van der Waals surface area contributed by atoms with Gasteiger partial charge in [0, 0.05) is 39.6 Å². The first kappa shape index (κ1) is 16.8. The Morgan fingerprint density at radius 2 is 1.91 bits per heavy atom. The summed E-state index contributed by atoms with van der Waals surface area (Å²) in [6.45, 7) is 7.19. The quantitative estimate of drug-likeness (QED) is 0.745. The van der Waals surface area contributed by atoms with Gasteiger partial charge < -0.3 is 19.1 Å². The fourth-order valence-corrected chi connectivity index (χ4v) is 2.44. The van der Waals surface area contributed by atoms with Crippen molar-refractivity contribution in [3.8, 4) is 0 Å². The van der Waals surface area contributed by atoms with Crippen LogP contribution >= 0.6 is 0 Å². The monoisotopic (exact) mass is 319 g/mol. The van der Waals surface area contributed by atoms with Crippen molar-refractivity contribution in [1.29, 1.82) is 0 Å². The normalized spacial score (nSPS) is 14.5. The zero-order valence-corrected chi connectivity index (χ0v) is 13.2. The van der Waals surface area contributed by atoms with Gasteiger partial charge in [-0.1, -0.05) is 6.08 Å². The molecule has 1 aromatic rings. The molecule has 1 fully saturated rings. The molecule has 0 bridgehead atoms. The second-order valence-corrected chi connectivity index (χ2v) is 5.34. The summed E-state index contributed by atoms with van der Waals surface area (Å²) in [5.41, 5.74) is 0. The molecular formula is C16H21N3O4. The average Bonchev–Trinajstić information content (AvgIpc) is 3.08. The molecule has 1 saturated heterocycles. The topological polar surface area (TPSA) is 74.1 Å². The van der Waals surface area contributed by atoms with Gasteiger partial charge in [0.25, 0.3) is 5.91 Å². The Morgan fingerprint density at radius 1 is 1.26 bits per heavy atom. The van der Waals surface area contributed by atoms with Gasteiger partial charge in [0.05, 0.1) is 6.26 Å². The molecular weight excluding hydrogens is 298 g/mol. The van der Waals surface area contributed by atoms with E-state index in [0.29, 0.717) is 38.5 Å². The van der Waals surface area contributed by atoms with E-state index in [-0.39, 0.29) is 24.3 Å². The van der Waals surface area contributed by atoms with Crippen LogP contribution in [0.5, 0.6) is 0 Å². The van der Waals surface area contributed by atoms with Gasteiger partial charge in [0.1, 0.15) is 6.54 Å². The van der Waals surface area contributed by atoms with Crippen LogP contribution in [0.2, 0.25) is 0 Å². The Bertz CT molecular complexity index is 574. The van der Waals surface area contributed by atoms with E-state index in [0.717, 1.165) is 0 Å². The number of hydrogen-bond donors (Lipinski definition) is 0. The standard InChI is InChI=1S/C16H21N3O4/c1-3-6-19(13(2)20)12-15(21)17-7-9-18(10-8-17)16(22)14-5-4-11-23-14/h3-5,11H,1,6-10,12H2,2H3. The summed E-state index contributed by atoms with van der Waals surface area (Å²) in [5.74, 6) is -0.144. The summed E-state index contributed by atoms with van der Waals surface area (Å²) in [5, 5.41) is 0. The molecule has 7 heteroatoms. The first-order chi connectivity index (χ1) is 11.0. The zero-order valence-electron chi connectivity index (χ0n) is 13.2. The van der Waals surface area contributed by atoms with E-state index < -0.39 is 0 Å². The van der Waals surface area contributed by atoms with Crippen LogP contribution in [0.15, 0.2) is 35.5 Å². The van der Waals surface area contributed by atoms with Crippen molar-refractivity contribution in [2.24, 2.45) is 0 Å². The lowest BCUT2D eigenvalue weighted by molar-refractivity contribution is -0.139. The molecule has 23 heavy (non-hydrogen) atoms. The number of nitrogens with zero attached hydrogens (tertiary/aromatic N) is 3. The first-order valence-electron chi connectivity index (χ1n) is 7.50. The first-order valence-corrected chi connectivity index (χ1v) is 7.50. The van der Waals surface area contributed by atoms with Crippen LogP contribution in [0.1, 0.15) is 17.5 Å². The van der Waals surface area contributed by atoms with Gasteiger partial charge >= 0.3 is 0 Å². The molecule has 0 saturated carbocycles. The SMILES string of the molecule is C=CCN(CC(=O)N1CCN(C(=O)c2ccco2)CC1)C(C)=O. The highest BCUT2D eigenvalue weighted by atomic mass is 16.3. The Hall–Kier alpha value is -2.57. The second-order valence-electron chi connectivity index (χ2n) is 5.34. The van der Waals surface area contributed by atoms with Gasteiger partial charge in [-0.05, 0) is 12.1 Å². The Balaban J connectivity index is 1.86. The molecule has 0 N–H and O–H groups in total. The van der Waals surface area contributed by atoms with Gasteiger partial charge in [0.2, 0.25) is 11.8 Å². The number of furan rings is 1. The minimum absolute atomic E-state index is 0.0352. The molecule has 1 aromatic heterocycles. The van der Waals surface area contributed by atoms with Crippen molar-refractivity contribution < 1.29 is 18.8 Å². The molecule has 0 unspecified atom stereocenters. The summed E-state index contributed by atoms with van der Waals surface area (Å²) >= 11 is 0. The van der Waals surface area contributed by atoms with Crippen LogP contribution < -0.4 is 0 Å². The van der Waals surface area contributed by atoms with E-state index >= 15 is 0 Å². The van der Waals surface area contributed by atoms with E-state index in [1.165, 1.54) is 18.1 Å². The Morgan fingerprint density at radius 3 is 2.43 bits per heavy atom. The summed E-state index contributed by atoms with van der Waals surface area (Å²) in [6.07, 6.45) is 3.05. The number of carbonyl (C=O) groups is 3. The molecule has 1 aliphatic rings. The molecule has 124 valence electrons. The number of rotatable bonds is 5. The molecule has 0 spiro atoms. The van der Waals surface area contributed by atoms with Crippen LogP contribution in [0.25, 0.3) is 0 Å². The highest BCUT2D eigenvalue weighted by Crippen LogP contribution is 2.10. The van der Waals surface area contributed by atoms with Crippen molar-refractivity contribution in [3.05, 3.63) is 36.8 Å². The number of carbonyl (C=O) groups excluding carboxylic acids is 3. The highest BCUT2D eigenvalue weighted by molar-refractivity contribution is 5.91. The number of hydrogen-bond acceptors (Lipinski definition) is 4. The molecule has 2 rings (SSSR count). The van der Waals surface area contributed by atoms with E-state index in [2.05, 4.69) is 6.58 Å². The van der Waals surface area contributed by atoms with E-state index in [4.69, 9.17) is 4.42 Å². The van der Waals surface area contributed by atoms with Gasteiger partial charge in [-0.25, -0.2) is 0 Å². The molecule has 2 heterocycles. The fraction of sp³-hybridized carbons (Fsp3) is 0.438. The molecule has 7 nitrogen and oxygen atoms in total. The molecule has 0 aliphatic carbocycles. The molecule has 0 aromatic carbocycles. The second kappa shape index (κ2) is 7.62. The van der Waals surface area contributed by atoms with Crippen LogP contribution in [0.3, 0.4) is 0 Å². The number of amides is 3. The van der Waals surface area contributed by atoms with E-state index in [9.17, 15) is 14.4 Å². The van der Waals surface area contributed by atoms with Crippen LogP contribution in [0, 0.1) is 0 Å². The third-order valence-corrected chi connectivity index (χ3v) is 3.77. The number of piperazine rings is 1. The fourth-order valence-electron chi connectivity index (χ4n) is 2.44. The van der Waals surface area contributed by atoms with Crippen molar-refractivity contribution in [1.82, 2.24) is 14.7 Å². The van der Waals surface area contributed by atoms with Gasteiger partial charge in [-0.2, -0.15) is 0 Å². The molecule has 1 aliphatic heterocycles. The Kier molecular flexibility index (Phi) is 5.56. The lowest BCUT2D eigenvalue weighted by Gasteiger charge is -2.35. The zero-order chi connectivity index (χ0) is 16.8. The summed E-state index contributed by atoms with van der Waals surface area (Å²) < 4.78 is 5.10. The molecule has 3 amide bonds. The van der Waals surface area contributed by atoms with Gasteiger partial charge in [0.15, 0.2) is 5.76 Å². The van der Waals surface area contributed by atoms with Crippen molar-refractivity contribution in [2.45, 2.75) is 6.92 Å². The molecule has 0 atom stereocenters. The van der Waals surface area contributed by atoms with Crippen LogP contribution in [-0.4, -0.2) is 71.7 Å². The third-order valence-electron chi connectivity index (χ3n) is 3.77. The average molecular weight is 319 g/mol. The Labute approximate surface area is 135 Å². The maximum atomic E-state index is 12.3. The minimum Gasteiger partial charge on any atom is -0.459 e. The third kappa shape index (κ3) is 4.21. The van der Waals surface area contributed by atoms with Gasteiger partial charge in [-0.15, -0.1) is 6.58 Å². The van der Waals surface area contributed by atoms with Gasteiger partial charge in [-0.3, -0.25) is 14.4 Å². The minimum atomic E-state index is -0.167. The van der Waals surface area contributed by atoms with Crippen molar-refractivity contribution >= 4 is 17.7 Å². The van der Waals surface area contributed by atoms with E-state index in [1.807, 2.05) is 0 Å². The van der Waals surface area contributed by atoms with Crippen LogP contribution in [0.4, 0.5) is 0 Å². The van der Waals surface area contributed by atoms with Crippen molar-refractivity contribution in [3.63, 3.8) is 0 Å². The predicted molar refractivity (Wildman–Crippen MR) is 83.6 cm³/mol. The predicted octanol–water partition coefficient (Wildman–Crippen LogP) is 0.598. The maximum absolute atomic E-state index is 12.3.